The molecule has 8 nitrogen and oxygen atoms in total. The number of hydrogen-bond acceptors (Lipinski definition) is 9. The average Bonchev–Trinajstić information content (AvgIpc) is 3.45. The van der Waals surface area contributed by atoms with Crippen LogP contribution in [0.5, 0.6) is 6.01 Å². The van der Waals surface area contributed by atoms with Crippen molar-refractivity contribution >= 4 is 55.0 Å². The number of aromatic nitrogens is 3. The largest absolute Gasteiger partial charge is 0.462 e. The molecule has 3 aliphatic rings. The predicted molar refractivity (Wildman–Crippen MR) is 146 cm³/mol. The lowest BCUT2D eigenvalue weighted by Crippen LogP contribution is -2.61. The Kier molecular flexibility index (Phi) is 6.37. The first-order chi connectivity index (χ1) is 19.6. The third kappa shape index (κ3) is 4.60. The van der Waals surface area contributed by atoms with Gasteiger partial charge >= 0.3 is 12.2 Å². The molecule has 3 aliphatic heterocycles. The van der Waals surface area contributed by atoms with Crippen molar-refractivity contribution in [3.8, 4) is 17.1 Å². The molecule has 3 saturated heterocycles. The minimum atomic E-state index is -4.37. The first-order valence-corrected chi connectivity index (χ1v) is 14.2. The number of halogens is 6. The molecule has 0 spiro atoms. The lowest BCUT2D eigenvalue weighted by atomic mass is 9.92. The van der Waals surface area contributed by atoms with Gasteiger partial charge in [-0.3, -0.25) is 0 Å². The number of alkyl halides is 3. The van der Waals surface area contributed by atoms with Crippen LogP contribution in [0.2, 0.25) is 5.02 Å². The number of anilines is 2. The summed E-state index contributed by atoms with van der Waals surface area (Å²) in [6.07, 6.45) is -2.40. The highest BCUT2D eigenvalue weighted by atomic mass is 35.5. The van der Waals surface area contributed by atoms with Crippen molar-refractivity contribution in [2.24, 2.45) is 5.92 Å². The molecule has 0 aliphatic carbocycles. The van der Waals surface area contributed by atoms with Gasteiger partial charge in [0.2, 0.25) is 0 Å². The molecule has 216 valence electrons. The number of fused-ring (bicyclic) bond motifs is 4. The number of hydrogen-bond donors (Lipinski definition) is 3. The van der Waals surface area contributed by atoms with E-state index in [9.17, 15) is 17.6 Å². The van der Waals surface area contributed by atoms with E-state index in [1.54, 1.807) is 6.07 Å². The Morgan fingerprint density at radius 2 is 1.85 bits per heavy atom. The van der Waals surface area contributed by atoms with Crippen molar-refractivity contribution in [1.29, 1.82) is 0 Å². The highest BCUT2D eigenvalue weighted by Crippen LogP contribution is 2.43. The maximum Gasteiger partial charge on any atom is 0.394 e. The van der Waals surface area contributed by atoms with Gasteiger partial charge in [-0.25, -0.2) is 13.8 Å². The average molecular weight is 612 g/mol. The Hall–Kier alpha value is -3.07. The van der Waals surface area contributed by atoms with Crippen molar-refractivity contribution < 1.29 is 26.7 Å². The zero-order chi connectivity index (χ0) is 28.6. The minimum Gasteiger partial charge on any atom is -0.462 e. The van der Waals surface area contributed by atoms with Crippen molar-refractivity contribution in [2.75, 3.05) is 36.9 Å². The second-order valence-electron chi connectivity index (χ2n) is 10.6. The lowest BCUT2D eigenvalue weighted by Gasteiger charge is -2.38. The van der Waals surface area contributed by atoms with Crippen LogP contribution >= 0.6 is 22.9 Å². The normalized spacial score (nSPS) is 24.3. The molecule has 2 aromatic carbocycles. The molecule has 0 saturated carbocycles. The van der Waals surface area contributed by atoms with Crippen molar-refractivity contribution in [2.45, 2.75) is 37.1 Å². The zero-order valence-corrected chi connectivity index (χ0v) is 22.8. The van der Waals surface area contributed by atoms with Crippen LogP contribution in [0.3, 0.4) is 0 Å². The maximum absolute atomic E-state index is 16.5. The summed E-state index contributed by atoms with van der Waals surface area (Å²) in [5.41, 5.74) is 6.04. The molecule has 4 N–H and O–H groups in total. The molecule has 4 atom stereocenters. The van der Waals surface area contributed by atoms with E-state index in [0.29, 0.717) is 24.3 Å². The monoisotopic (exact) mass is 611 g/mol. The number of nitrogens with one attached hydrogen (secondary N) is 2. The van der Waals surface area contributed by atoms with Gasteiger partial charge in [0.25, 0.3) is 0 Å². The van der Waals surface area contributed by atoms with Crippen LogP contribution in [0.1, 0.15) is 12.8 Å². The topological polar surface area (TPSA) is 101 Å². The number of ether oxygens (including phenoxy) is 1. The third-order valence-electron chi connectivity index (χ3n) is 8.04. The van der Waals surface area contributed by atoms with Gasteiger partial charge < -0.3 is 26.0 Å². The Morgan fingerprint density at radius 1 is 1.10 bits per heavy atom. The number of nitrogens with zero attached hydrogens (tertiary/aromatic N) is 4. The lowest BCUT2D eigenvalue weighted by molar-refractivity contribution is -0.202. The summed E-state index contributed by atoms with van der Waals surface area (Å²) in [4.78, 5) is 15.0. The van der Waals surface area contributed by atoms with Crippen LogP contribution in [0.4, 0.5) is 32.9 Å². The fraction of sp³-hybridized carbons (Fsp3) is 0.423. The summed E-state index contributed by atoms with van der Waals surface area (Å²) in [6, 6.07) is 3.34. The molecule has 41 heavy (non-hydrogen) atoms. The molecule has 0 radical (unpaired) electrons. The van der Waals surface area contributed by atoms with Crippen molar-refractivity contribution in [3.63, 3.8) is 0 Å². The third-order valence-corrected chi connectivity index (χ3v) is 9.23. The number of nitrogen functional groups attached to an aromatic ring is 1. The summed E-state index contributed by atoms with van der Waals surface area (Å²) in [6.45, 7) is 0.648. The molecular formula is C26H23ClF5N7OS. The Labute approximate surface area is 239 Å². The van der Waals surface area contributed by atoms with Gasteiger partial charge in [0.1, 0.15) is 23.8 Å². The van der Waals surface area contributed by atoms with E-state index >= 15 is 4.39 Å². The fourth-order valence-electron chi connectivity index (χ4n) is 5.96. The fourth-order valence-corrected chi connectivity index (χ4v) is 7.02. The Bertz CT molecular complexity index is 1670. The van der Waals surface area contributed by atoms with E-state index in [1.807, 2.05) is 4.90 Å². The predicted octanol–water partition coefficient (Wildman–Crippen LogP) is 4.89. The summed E-state index contributed by atoms with van der Waals surface area (Å²) in [5, 5.41) is 6.73. The maximum atomic E-state index is 16.5. The number of nitrogens with two attached hydrogens (primary N) is 1. The van der Waals surface area contributed by atoms with E-state index in [4.69, 9.17) is 22.1 Å². The number of piperazine rings is 1. The second kappa shape index (κ2) is 9.75. The molecule has 3 fully saturated rings. The van der Waals surface area contributed by atoms with E-state index in [2.05, 4.69) is 25.6 Å². The number of benzene rings is 2. The van der Waals surface area contributed by atoms with Gasteiger partial charge in [0.15, 0.2) is 10.9 Å². The van der Waals surface area contributed by atoms with E-state index in [-0.39, 0.29) is 68.3 Å². The quantitative estimate of drug-likeness (QED) is 0.274. The highest BCUT2D eigenvalue weighted by Gasteiger charge is 2.50. The highest BCUT2D eigenvalue weighted by molar-refractivity contribution is 7.22. The van der Waals surface area contributed by atoms with E-state index in [1.165, 1.54) is 12.1 Å². The van der Waals surface area contributed by atoms with Gasteiger partial charge in [0, 0.05) is 48.2 Å². The molecule has 15 heteroatoms. The van der Waals surface area contributed by atoms with Crippen molar-refractivity contribution in [3.05, 3.63) is 34.9 Å². The van der Waals surface area contributed by atoms with Gasteiger partial charge in [0.05, 0.1) is 27.2 Å². The molecule has 4 aromatic rings. The number of rotatable bonds is 5. The summed E-state index contributed by atoms with van der Waals surface area (Å²) < 4.78 is 76.6. The van der Waals surface area contributed by atoms with Crippen molar-refractivity contribution in [1.82, 2.24) is 25.6 Å². The Morgan fingerprint density at radius 3 is 2.54 bits per heavy atom. The van der Waals surface area contributed by atoms with Crippen LogP contribution in [0.15, 0.2) is 18.2 Å². The van der Waals surface area contributed by atoms with Gasteiger partial charge in [-0.2, -0.15) is 23.1 Å². The van der Waals surface area contributed by atoms with Gasteiger partial charge in [-0.15, -0.1) is 0 Å². The first kappa shape index (κ1) is 26.8. The molecule has 7 rings (SSSR count). The molecule has 2 aromatic heterocycles. The Balaban J connectivity index is 1.35. The van der Waals surface area contributed by atoms with Crippen LogP contribution in [-0.4, -0.2) is 65.5 Å². The van der Waals surface area contributed by atoms with E-state index < -0.39 is 29.8 Å². The first-order valence-electron chi connectivity index (χ1n) is 13.1. The van der Waals surface area contributed by atoms with Crippen LogP contribution in [0.25, 0.3) is 32.2 Å². The second-order valence-corrected chi connectivity index (χ2v) is 12.1. The summed E-state index contributed by atoms with van der Waals surface area (Å²) in [5.74, 6) is -2.54. The summed E-state index contributed by atoms with van der Waals surface area (Å²) >= 11 is 7.61. The van der Waals surface area contributed by atoms with Crippen LogP contribution < -0.4 is 26.0 Å². The number of thiazole rings is 1. The zero-order valence-electron chi connectivity index (χ0n) is 21.2. The SMILES string of the molecule is Nc1nc2c(-c3c(Cl)cc4c(N5CC6CCC(C5)N6)nc(OC[C@H]5NC[C@H]5C(F)(F)F)nc4c3F)ccc(F)c2s1. The molecule has 5 heterocycles. The van der Waals surface area contributed by atoms with Crippen LogP contribution in [-0.2, 0) is 0 Å². The van der Waals surface area contributed by atoms with Gasteiger partial charge in [-0.1, -0.05) is 22.9 Å². The molecule has 2 unspecified atom stereocenters. The standard InChI is InChI=1S/C26H23ClF5N7OS/c27-15-5-13-20(19(29)18(15)12-3-4-16(28)22-21(12)36-24(33)41-22)37-25(40-9-17-14(6-34-17)26(30,31)32)38-23(13)39-7-10-1-2-11(8-39)35-10/h3-5,10-11,14,17,34-35H,1-2,6-9H2,(H2,33,36)/t10?,11?,14-,17-/m1/s1. The molecule has 2 bridgehead atoms. The minimum absolute atomic E-state index is 0.0396. The molecular weight excluding hydrogens is 589 g/mol. The molecule has 0 amide bonds. The van der Waals surface area contributed by atoms with Gasteiger partial charge in [-0.05, 0) is 31.0 Å². The summed E-state index contributed by atoms with van der Waals surface area (Å²) in [7, 11) is 0. The van der Waals surface area contributed by atoms with Crippen LogP contribution in [0, 0.1) is 17.6 Å². The smallest absolute Gasteiger partial charge is 0.394 e. The van der Waals surface area contributed by atoms with E-state index in [0.717, 1.165) is 24.2 Å².